The molecule has 2 saturated heterocycles. The van der Waals surface area contributed by atoms with E-state index >= 15 is 0 Å². The van der Waals surface area contributed by atoms with Crippen LogP contribution in [0.25, 0.3) is 0 Å². The second-order valence-electron chi connectivity index (χ2n) is 12.4. The Morgan fingerprint density at radius 3 is 1.93 bits per heavy atom. The van der Waals surface area contributed by atoms with Crippen LogP contribution in [0.1, 0.15) is 68.2 Å². The Hall–Kier alpha value is -3.52. The van der Waals surface area contributed by atoms with Crippen molar-refractivity contribution in [3.05, 3.63) is 11.6 Å². The lowest BCUT2D eigenvalue weighted by molar-refractivity contribution is -0.235. The quantitative estimate of drug-likeness (QED) is 0.191. The molecule has 0 spiro atoms. The van der Waals surface area contributed by atoms with Crippen LogP contribution in [-0.2, 0) is 61.9 Å². The fourth-order valence-corrected chi connectivity index (χ4v) is 7.37. The Balaban J connectivity index is 2.08. The Morgan fingerprint density at radius 2 is 1.41 bits per heavy atom. The van der Waals surface area contributed by atoms with Crippen molar-refractivity contribution in [1.29, 1.82) is 0 Å². The number of ether oxygens (including phenoxy) is 7. The molecule has 1 N–H and O–H groups in total. The summed E-state index contributed by atoms with van der Waals surface area (Å²) in [7, 11) is 0. The van der Waals surface area contributed by atoms with Crippen molar-refractivity contribution in [2.75, 3.05) is 6.61 Å². The smallest absolute Gasteiger partial charge is 0.312 e. The van der Waals surface area contributed by atoms with Gasteiger partial charge in [0.2, 0.25) is 0 Å². The molecule has 3 fully saturated rings. The first-order chi connectivity index (χ1) is 20.3. The van der Waals surface area contributed by atoms with Crippen LogP contribution in [0.4, 0.5) is 0 Å². The molecule has 244 valence electrons. The third-order valence-corrected chi connectivity index (χ3v) is 9.45. The van der Waals surface area contributed by atoms with E-state index in [4.69, 9.17) is 33.2 Å². The molecule has 0 aromatic heterocycles. The fourth-order valence-electron chi connectivity index (χ4n) is 7.37. The van der Waals surface area contributed by atoms with Crippen molar-refractivity contribution in [2.45, 2.75) is 116 Å². The Kier molecular flexibility index (Phi) is 8.93. The number of carbonyl (C=O) groups is 6. The molecule has 2 aliphatic carbocycles. The van der Waals surface area contributed by atoms with Crippen LogP contribution in [0.5, 0.6) is 0 Å². The molecular formula is C30H40O14. The van der Waals surface area contributed by atoms with Crippen LogP contribution in [0.15, 0.2) is 11.6 Å². The molecule has 11 atom stereocenters. The maximum Gasteiger partial charge on any atom is 0.312 e. The second-order valence-corrected chi connectivity index (χ2v) is 12.4. The van der Waals surface area contributed by atoms with E-state index in [1.165, 1.54) is 26.8 Å². The maximum atomic E-state index is 13.1. The van der Waals surface area contributed by atoms with E-state index in [1.807, 2.05) is 0 Å². The topological polar surface area (TPSA) is 191 Å². The minimum absolute atomic E-state index is 0.105. The van der Waals surface area contributed by atoms with Crippen LogP contribution in [0.3, 0.4) is 0 Å². The molecule has 0 radical (unpaired) electrons. The maximum absolute atomic E-state index is 13.1. The summed E-state index contributed by atoms with van der Waals surface area (Å²) in [6.45, 7) is 10.2. The Morgan fingerprint density at radius 1 is 0.864 bits per heavy atom. The van der Waals surface area contributed by atoms with Crippen LogP contribution >= 0.6 is 0 Å². The predicted molar refractivity (Wildman–Crippen MR) is 145 cm³/mol. The van der Waals surface area contributed by atoms with E-state index in [-0.39, 0.29) is 18.4 Å². The van der Waals surface area contributed by atoms with Gasteiger partial charge in [-0.1, -0.05) is 6.92 Å². The third kappa shape index (κ3) is 5.81. The SMILES string of the molecule is CC(=O)OCC1=CC2OC(=O)C(C)C2(O)C(OC(C)=O)C2C3(C)OC3CC(OC(C)=O)C2(C)C(OC(C)=O)CC1OC(C)=O. The average molecular weight is 625 g/mol. The van der Waals surface area contributed by atoms with E-state index in [1.54, 1.807) is 13.8 Å². The zero-order chi connectivity index (χ0) is 32.9. The molecule has 4 aliphatic rings. The molecule has 14 heteroatoms. The van der Waals surface area contributed by atoms with Gasteiger partial charge in [-0.05, 0) is 19.9 Å². The summed E-state index contributed by atoms with van der Waals surface area (Å²) in [6.07, 6.45) is -5.80. The van der Waals surface area contributed by atoms with Gasteiger partial charge in [0, 0.05) is 59.0 Å². The predicted octanol–water partition coefficient (Wildman–Crippen LogP) is 1.08. The number of rotatable bonds is 6. The highest BCUT2D eigenvalue weighted by atomic mass is 16.6. The lowest BCUT2D eigenvalue weighted by Crippen LogP contribution is -2.69. The van der Waals surface area contributed by atoms with E-state index < -0.39 is 107 Å². The molecule has 2 aliphatic heterocycles. The van der Waals surface area contributed by atoms with Gasteiger partial charge in [0.15, 0.2) is 11.7 Å². The molecule has 44 heavy (non-hydrogen) atoms. The standard InChI is InChI=1S/C30H40O14/c1-13-27(36)43-24-9-19(12-38-14(2)31)20(39-15(3)32)10-21(40-16(4)33)28(7)22(41-17(5)34)11-23-29(8,44-23)25(28)26(30(13,24)37)42-18(6)35/h9,13,20-26,37H,10-12H2,1-8H3. The van der Waals surface area contributed by atoms with Gasteiger partial charge in [0.05, 0.1) is 23.0 Å². The highest BCUT2D eigenvalue weighted by Gasteiger charge is 2.78. The highest BCUT2D eigenvalue weighted by Crippen LogP contribution is 2.65. The van der Waals surface area contributed by atoms with Gasteiger partial charge in [0.25, 0.3) is 0 Å². The van der Waals surface area contributed by atoms with Crippen molar-refractivity contribution in [3.63, 3.8) is 0 Å². The van der Waals surface area contributed by atoms with E-state index in [0.717, 1.165) is 20.8 Å². The molecule has 0 amide bonds. The molecule has 4 rings (SSSR count). The fraction of sp³-hybridized carbons (Fsp3) is 0.733. The highest BCUT2D eigenvalue weighted by molar-refractivity contribution is 5.78. The Bertz CT molecular complexity index is 1270. The largest absolute Gasteiger partial charge is 0.462 e. The molecule has 14 nitrogen and oxygen atoms in total. The minimum atomic E-state index is -2.27. The summed E-state index contributed by atoms with van der Waals surface area (Å²) < 4.78 is 40.4. The number of epoxide rings is 1. The van der Waals surface area contributed by atoms with Crippen LogP contribution in [0.2, 0.25) is 0 Å². The summed E-state index contributed by atoms with van der Waals surface area (Å²) in [5.41, 5.74) is -4.77. The number of hydrogen-bond donors (Lipinski definition) is 1. The van der Waals surface area contributed by atoms with Gasteiger partial charge < -0.3 is 38.3 Å². The normalized spacial score (nSPS) is 40.8. The number of carbonyl (C=O) groups excluding carboxylic acids is 6. The van der Waals surface area contributed by atoms with Crippen molar-refractivity contribution in [3.8, 4) is 0 Å². The molecule has 1 saturated carbocycles. The molecule has 0 bridgehead atoms. The monoisotopic (exact) mass is 624 g/mol. The van der Waals surface area contributed by atoms with Crippen molar-refractivity contribution < 1.29 is 67.0 Å². The first-order valence-corrected chi connectivity index (χ1v) is 14.5. The number of fused-ring (bicyclic) bond motifs is 4. The lowest BCUT2D eigenvalue weighted by atomic mass is 9.53. The van der Waals surface area contributed by atoms with Crippen molar-refractivity contribution >= 4 is 35.8 Å². The Labute approximate surface area is 254 Å². The summed E-state index contributed by atoms with van der Waals surface area (Å²) in [5.74, 6) is -6.74. The zero-order valence-corrected chi connectivity index (χ0v) is 26.1. The van der Waals surface area contributed by atoms with Crippen LogP contribution in [0, 0.1) is 17.3 Å². The van der Waals surface area contributed by atoms with Crippen molar-refractivity contribution in [2.24, 2.45) is 17.3 Å². The molecule has 2 heterocycles. The molecule has 11 unspecified atom stereocenters. The molecular weight excluding hydrogens is 584 g/mol. The van der Waals surface area contributed by atoms with Gasteiger partial charge in [-0.25, -0.2) is 0 Å². The van der Waals surface area contributed by atoms with E-state index in [0.29, 0.717) is 0 Å². The molecule has 0 aromatic carbocycles. The minimum Gasteiger partial charge on any atom is -0.462 e. The zero-order valence-electron chi connectivity index (χ0n) is 26.1. The lowest BCUT2D eigenvalue weighted by Gasteiger charge is -2.55. The number of hydrogen-bond acceptors (Lipinski definition) is 14. The van der Waals surface area contributed by atoms with Crippen LogP contribution in [-0.4, -0.2) is 95.4 Å². The van der Waals surface area contributed by atoms with Crippen LogP contribution < -0.4 is 0 Å². The average Bonchev–Trinajstić information content (AvgIpc) is 3.49. The summed E-state index contributed by atoms with van der Waals surface area (Å²) in [6, 6.07) is 0. The number of aliphatic hydroxyl groups is 1. The number of esters is 6. The van der Waals surface area contributed by atoms with Gasteiger partial charge in [-0.15, -0.1) is 0 Å². The van der Waals surface area contributed by atoms with E-state index in [2.05, 4.69) is 0 Å². The summed E-state index contributed by atoms with van der Waals surface area (Å²) in [5, 5.41) is 12.6. The second kappa shape index (κ2) is 11.8. The first-order valence-electron chi connectivity index (χ1n) is 14.5. The third-order valence-electron chi connectivity index (χ3n) is 9.45. The summed E-state index contributed by atoms with van der Waals surface area (Å²) in [4.78, 5) is 75.2. The first kappa shape index (κ1) is 33.4. The van der Waals surface area contributed by atoms with Gasteiger partial charge in [-0.3, -0.25) is 28.8 Å². The van der Waals surface area contributed by atoms with E-state index in [9.17, 15) is 33.9 Å². The molecule has 0 aromatic rings. The van der Waals surface area contributed by atoms with Gasteiger partial charge >= 0.3 is 35.8 Å². The van der Waals surface area contributed by atoms with Gasteiger partial charge in [0.1, 0.15) is 31.0 Å². The van der Waals surface area contributed by atoms with Gasteiger partial charge in [-0.2, -0.15) is 0 Å². The van der Waals surface area contributed by atoms with Crippen molar-refractivity contribution in [1.82, 2.24) is 0 Å². The summed E-state index contributed by atoms with van der Waals surface area (Å²) >= 11 is 0.